The van der Waals surface area contributed by atoms with Crippen molar-refractivity contribution in [2.24, 2.45) is 5.41 Å². The summed E-state index contributed by atoms with van der Waals surface area (Å²) >= 11 is 0. The smallest absolute Gasteiger partial charge is 0.407 e. The van der Waals surface area contributed by atoms with E-state index in [0.29, 0.717) is 6.54 Å². The third kappa shape index (κ3) is 3.19. The van der Waals surface area contributed by atoms with E-state index >= 15 is 0 Å². The van der Waals surface area contributed by atoms with Crippen LogP contribution in [0.3, 0.4) is 0 Å². The number of nitrogen functional groups attached to an aromatic ring is 1. The van der Waals surface area contributed by atoms with Gasteiger partial charge in [0.1, 0.15) is 0 Å². The highest BCUT2D eigenvalue weighted by Gasteiger charge is 2.48. The molecule has 1 heterocycles. The molecule has 1 aliphatic heterocycles. The highest BCUT2D eigenvalue weighted by atomic mass is 16.4. The zero-order valence-corrected chi connectivity index (χ0v) is 14.0. The molecule has 2 rings (SSSR count). The van der Waals surface area contributed by atoms with Gasteiger partial charge in [0, 0.05) is 31.9 Å². The summed E-state index contributed by atoms with van der Waals surface area (Å²) in [7, 11) is 0. The zero-order chi connectivity index (χ0) is 16.5. The van der Waals surface area contributed by atoms with Gasteiger partial charge in [-0.15, -0.1) is 0 Å². The molecule has 0 spiro atoms. The monoisotopic (exact) mass is 305 g/mol. The number of carboxylic acid groups (broad SMARTS) is 1. The minimum Gasteiger partial charge on any atom is -0.465 e. The number of rotatable bonds is 2. The van der Waals surface area contributed by atoms with Crippen molar-refractivity contribution in [1.29, 1.82) is 0 Å². The van der Waals surface area contributed by atoms with Gasteiger partial charge in [0.25, 0.3) is 0 Å². The highest BCUT2D eigenvalue weighted by Crippen LogP contribution is 2.38. The summed E-state index contributed by atoms with van der Waals surface area (Å²) in [6.45, 7) is 11.2. The van der Waals surface area contributed by atoms with Crippen molar-refractivity contribution < 1.29 is 9.90 Å². The molecule has 122 valence electrons. The maximum atomic E-state index is 11.6. The average molecular weight is 305 g/mol. The second-order valence-electron chi connectivity index (χ2n) is 7.41. The maximum absolute atomic E-state index is 11.6. The van der Waals surface area contributed by atoms with Crippen molar-refractivity contribution in [3.8, 4) is 0 Å². The van der Waals surface area contributed by atoms with Gasteiger partial charge in [-0.25, -0.2) is 4.79 Å². The van der Waals surface area contributed by atoms with Crippen molar-refractivity contribution >= 4 is 11.8 Å². The number of hydrogen-bond donors (Lipinski definition) is 2. The number of nitrogens with zero attached hydrogens (tertiary/aromatic N) is 2. The Kier molecular flexibility index (Phi) is 4.38. The molecule has 5 heteroatoms. The number of nitrogens with two attached hydrogens (primary N) is 1. The third-order valence-corrected chi connectivity index (χ3v) is 5.00. The van der Waals surface area contributed by atoms with Gasteiger partial charge in [-0.1, -0.05) is 32.9 Å². The third-order valence-electron chi connectivity index (χ3n) is 5.00. The molecule has 1 amide bonds. The van der Waals surface area contributed by atoms with Crippen LogP contribution in [-0.4, -0.2) is 46.2 Å². The predicted octanol–water partition coefficient (Wildman–Crippen LogP) is 2.87. The molecule has 1 aromatic carbocycles. The Hall–Kier alpha value is -1.75. The van der Waals surface area contributed by atoms with Gasteiger partial charge in [-0.05, 0) is 30.0 Å². The Morgan fingerprint density at radius 1 is 1.27 bits per heavy atom. The van der Waals surface area contributed by atoms with Crippen molar-refractivity contribution in [2.75, 3.05) is 25.4 Å². The summed E-state index contributed by atoms with van der Waals surface area (Å²) in [5.74, 6) is 0. The van der Waals surface area contributed by atoms with Gasteiger partial charge >= 0.3 is 6.09 Å². The lowest BCUT2D eigenvalue weighted by Gasteiger charge is -2.54. The van der Waals surface area contributed by atoms with E-state index in [0.717, 1.165) is 25.3 Å². The average Bonchev–Trinajstić information content (AvgIpc) is 2.40. The lowest BCUT2D eigenvalue weighted by Crippen LogP contribution is -2.67. The summed E-state index contributed by atoms with van der Waals surface area (Å²) in [5, 5.41) is 9.54. The van der Waals surface area contributed by atoms with Crippen LogP contribution in [0.4, 0.5) is 10.5 Å². The maximum Gasteiger partial charge on any atom is 0.407 e. The van der Waals surface area contributed by atoms with E-state index in [2.05, 4.69) is 32.6 Å². The van der Waals surface area contributed by atoms with Crippen LogP contribution in [0.15, 0.2) is 24.3 Å². The quantitative estimate of drug-likeness (QED) is 0.824. The van der Waals surface area contributed by atoms with Gasteiger partial charge in [-0.2, -0.15) is 0 Å². The summed E-state index contributed by atoms with van der Waals surface area (Å²) in [5.41, 5.74) is 7.15. The molecule has 22 heavy (non-hydrogen) atoms. The van der Waals surface area contributed by atoms with Gasteiger partial charge in [0.05, 0.1) is 5.54 Å². The molecule has 1 aromatic rings. The Morgan fingerprint density at radius 3 is 2.36 bits per heavy atom. The first-order valence-corrected chi connectivity index (χ1v) is 7.71. The van der Waals surface area contributed by atoms with Gasteiger partial charge in [-0.3, -0.25) is 9.80 Å². The molecular formula is C17H27N3O2. The fourth-order valence-corrected chi connectivity index (χ4v) is 3.05. The molecule has 0 aromatic heterocycles. The van der Waals surface area contributed by atoms with Gasteiger partial charge < -0.3 is 10.8 Å². The van der Waals surface area contributed by atoms with E-state index in [9.17, 15) is 9.90 Å². The molecular weight excluding hydrogens is 278 g/mol. The number of amides is 1. The molecule has 0 bridgehead atoms. The molecule has 0 aliphatic carbocycles. The van der Waals surface area contributed by atoms with Crippen LogP contribution >= 0.6 is 0 Å². The first kappa shape index (κ1) is 16.6. The Morgan fingerprint density at radius 2 is 1.86 bits per heavy atom. The van der Waals surface area contributed by atoms with Crippen LogP contribution in [0.2, 0.25) is 0 Å². The summed E-state index contributed by atoms with van der Waals surface area (Å²) in [6.07, 6.45) is -0.829. The van der Waals surface area contributed by atoms with Crippen molar-refractivity contribution in [3.05, 3.63) is 29.8 Å². The molecule has 3 N–H and O–H groups in total. The van der Waals surface area contributed by atoms with E-state index in [1.807, 2.05) is 24.3 Å². The summed E-state index contributed by atoms with van der Waals surface area (Å²) in [4.78, 5) is 15.5. The Labute approximate surface area is 132 Å². The van der Waals surface area contributed by atoms with Crippen LogP contribution in [-0.2, 0) is 6.54 Å². The number of carbonyl (C=O) groups is 1. The molecule has 1 saturated heterocycles. The Bertz CT molecular complexity index is 536. The fraction of sp³-hybridized carbons (Fsp3) is 0.588. The van der Waals surface area contributed by atoms with Crippen LogP contribution in [0.1, 0.15) is 33.3 Å². The largest absolute Gasteiger partial charge is 0.465 e. The van der Waals surface area contributed by atoms with E-state index in [4.69, 9.17) is 5.73 Å². The number of piperazine rings is 1. The minimum atomic E-state index is -0.829. The molecule has 1 fully saturated rings. The highest BCUT2D eigenvalue weighted by molar-refractivity contribution is 5.66. The molecule has 1 atom stereocenters. The van der Waals surface area contributed by atoms with E-state index in [-0.39, 0.29) is 5.41 Å². The summed E-state index contributed by atoms with van der Waals surface area (Å²) in [6, 6.07) is 7.89. The fourth-order valence-electron chi connectivity index (χ4n) is 3.05. The number of benzene rings is 1. The standard InChI is InChI=1S/C17H27N3O2/c1-16(2,3)17(4)12-19(9-10-20(17)15(21)22)11-13-5-7-14(18)8-6-13/h5-8H,9-12,18H2,1-4H3,(H,21,22)/t17-/m0/s1. The van der Waals surface area contributed by atoms with Crippen LogP contribution in [0.5, 0.6) is 0 Å². The number of hydrogen-bond acceptors (Lipinski definition) is 3. The number of anilines is 1. The van der Waals surface area contributed by atoms with Crippen molar-refractivity contribution in [2.45, 2.75) is 39.8 Å². The second kappa shape index (κ2) is 5.80. The Balaban J connectivity index is 2.17. The summed E-state index contributed by atoms with van der Waals surface area (Å²) < 4.78 is 0. The van der Waals surface area contributed by atoms with Crippen molar-refractivity contribution in [1.82, 2.24) is 9.80 Å². The normalized spacial score (nSPS) is 23.5. The predicted molar refractivity (Wildman–Crippen MR) is 88.7 cm³/mol. The van der Waals surface area contributed by atoms with Crippen LogP contribution in [0, 0.1) is 5.41 Å². The van der Waals surface area contributed by atoms with E-state index in [1.165, 1.54) is 5.56 Å². The first-order valence-electron chi connectivity index (χ1n) is 7.71. The topological polar surface area (TPSA) is 69.8 Å². The molecule has 0 radical (unpaired) electrons. The molecule has 0 saturated carbocycles. The molecule has 0 unspecified atom stereocenters. The molecule has 5 nitrogen and oxygen atoms in total. The van der Waals surface area contributed by atoms with Gasteiger partial charge in [0.2, 0.25) is 0 Å². The minimum absolute atomic E-state index is 0.134. The molecule has 1 aliphatic rings. The van der Waals surface area contributed by atoms with Crippen LogP contribution in [0.25, 0.3) is 0 Å². The SMILES string of the molecule is CC(C)(C)[C@]1(C)CN(Cc2ccc(N)cc2)CCN1C(=O)O. The lowest BCUT2D eigenvalue weighted by atomic mass is 9.72. The lowest BCUT2D eigenvalue weighted by molar-refractivity contribution is -0.0461. The van der Waals surface area contributed by atoms with Crippen LogP contribution < -0.4 is 5.73 Å². The second-order valence-corrected chi connectivity index (χ2v) is 7.41. The first-order chi connectivity index (χ1) is 10.1. The van der Waals surface area contributed by atoms with E-state index in [1.54, 1.807) is 4.90 Å². The van der Waals surface area contributed by atoms with E-state index < -0.39 is 11.6 Å². The van der Waals surface area contributed by atoms with Crippen molar-refractivity contribution in [3.63, 3.8) is 0 Å². The van der Waals surface area contributed by atoms with Gasteiger partial charge in [0.15, 0.2) is 0 Å². The zero-order valence-electron chi connectivity index (χ0n) is 14.0.